The molecule has 94 valence electrons. The molecule has 3 rings (SSSR count). The fourth-order valence-corrected chi connectivity index (χ4v) is 2.71. The number of ketones is 1. The van der Waals surface area contributed by atoms with Gasteiger partial charge in [0.1, 0.15) is 0 Å². The maximum Gasteiger partial charge on any atom is 0.159 e. The molecule has 0 radical (unpaired) electrons. The van der Waals surface area contributed by atoms with E-state index >= 15 is 0 Å². The zero-order valence-corrected chi connectivity index (χ0v) is 10.8. The molecule has 1 heteroatoms. The number of carbonyl (C=O) groups is 1. The third kappa shape index (κ3) is 2.50. The molecule has 1 atom stereocenters. The van der Waals surface area contributed by atoms with Crippen LogP contribution >= 0.6 is 0 Å². The summed E-state index contributed by atoms with van der Waals surface area (Å²) in [7, 11) is 0. The van der Waals surface area contributed by atoms with Crippen molar-refractivity contribution in [3.8, 4) is 0 Å². The Labute approximate surface area is 113 Å². The Morgan fingerprint density at radius 2 is 1.53 bits per heavy atom. The van der Waals surface area contributed by atoms with Crippen LogP contribution in [-0.4, -0.2) is 5.78 Å². The molecule has 0 aliphatic heterocycles. The molecule has 0 bridgehead atoms. The average Bonchev–Trinajstić information content (AvgIpc) is 2.82. The third-order valence-electron chi connectivity index (χ3n) is 3.68. The first-order chi connectivity index (χ1) is 9.34. The number of allylic oxidation sites excluding steroid dienone is 1. The van der Waals surface area contributed by atoms with Crippen LogP contribution in [0.1, 0.15) is 29.9 Å². The summed E-state index contributed by atoms with van der Waals surface area (Å²) in [6.07, 6.45) is 3.65. The van der Waals surface area contributed by atoms with Crippen LogP contribution < -0.4 is 0 Å². The first-order valence-corrected chi connectivity index (χ1v) is 6.69. The Morgan fingerprint density at radius 3 is 2.21 bits per heavy atom. The van der Waals surface area contributed by atoms with Crippen molar-refractivity contribution in [1.82, 2.24) is 0 Å². The van der Waals surface area contributed by atoms with Crippen molar-refractivity contribution in [1.29, 1.82) is 0 Å². The van der Waals surface area contributed by atoms with Crippen molar-refractivity contribution in [2.24, 2.45) is 0 Å². The molecule has 0 N–H and O–H groups in total. The summed E-state index contributed by atoms with van der Waals surface area (Å²) in [4.78, 5) is 12.1. The van der Waals surface area contributed by atoms with Gasteiger partial charge in [-0.3, -0.25) is 4.79 Å². The molecule has 1 aliphatic carbocycles. The number of rotatable bonds is 2. The fourth-order valence-electron chi connectivity index (χ4n) is 2.71. The molecule has 0 heterocycles. The highest BCUT2D eigenvalue weighted by atomic mass is 16.1. The van der Waals surface area contributed by atoms with E-state index in [1.165, 1.54) is 5.56 Å². The molecule has 1 aliphatic rings. The topological polar surface area (TPSA) is 17.1 Å². The molecule has 0 aromatic heterocycles. The molecule has 1 saturated carbocycles. The smallest absolute Gasteiger partial charge is 0.159 e. The predicted molar refractivity (Wildman–Crippen MR) is 77.8 cm³/mol. The van der Waals surface area contributed by atoms with Crippen molar-refractivity contribution in [2.45, 2.75) is 18.8 Å². The molecule has 0 amide bonds. The van der Waals surface area contributed by atoms with Crippen LogP contribution in [0.3, 0.4) is 0 Å². The van der Waals surface area contributed by atoms with Crippen LogP contribution in [0.15, 0.2) is 66.2 Å². The zero-order chi connectivity index (χ0) is 13.1. The minimum atomic E-state index is 0.258. The minimum Gasteiger partial charge on any atom is -0.295 e. The Bertz CT molecular complexity index is 596. The van der Waals surface area contributed by atoms with Gasteiger partial charge in [0.15, 0.2) is 5.78 Å². The normalized spacial score (nSPS) is 20.9. The van der Waals surface area contributed by atoms with E-state index in [4.69, 9.17) is 0 Å². The second-order valence-electron chi connectivity index (χ2n) is 4.94. The second-order valence-corrected chi connectivity index (χ2v) is 4.94. The maximum absolute atomic E-state index is 12.1. The quantitative estimate of drug-likeness (QED) is 0.727. The highest BCUT2D eigenvalue weighted by molar-refractivity contribution is 6.03. The highest BCUT2D eigenvalue weighted by Gasteiger charge is 2.29. The highest BCUT2D eigenvalue weighted by Crippen LogP contribution is 2.37. The fraction of sp³-hybridized carbons (Fsp3) is 0.167. The zero-order valence-electron chi connectivity index (χ0n) is 10.8. The van der Waals surface area contributed by atoms with E-state index in [1.807, 2.05) is 54.6 Å². The van der Waals surface area contributed by atoms with Crippen molar-refractivity contribution < 1.29 is 4.79 Å². The number of hydrogen-bond acceptors (Lipinski definition) is 1. The van der Waals surface area contributed by atoms with Gasteiger partial charge in [-0.25, -0.2) is 0 Å². The summed E-state index contributed by atoms with van der Waals surface area (Å²) in [5.74, 6) is 0.548. The lowest BCUT2D eigenvalue weighted by Crippen LogP contribution is -2.00. The van der Waals surface area contributed by atoms with Crippen LogP contribution in [0.25, 0.3) is 6.08 Å². The van der Waals surface area contributed by atoms with Crippen molar-refractivity contribution in [3.05, 3.63) is 77.4 Å². The maximum atomic E-state index is 12.1. The standard InChI is InChI=1S/C18H16O/c19-18-12-11-16(15-9-5-2-6-10-15)17(18)13-14-7-3-1-4-8-14/h1-10,13,16H,11-12H2/b17-13+. The van der Waals surface area contributed by atoms with Gasteiger partial charge in [0, 0.05) is 17.9 Å². The molecular formula is C18H16O. The number of hydrogen-bond donors (Lipinski definition) is 0. The van der Waals surface area contributed by atoms with Gasteiger partial charge >= 0.3 is 0 Å². The van der Waals surface area contributed by atoms with Crippen LogP contribution in [-0.2, 0) is 4.79 Å². The van der Waals surface area contributed by atoms with Crippen molar-refractivity contribution in [3.63, 3.8) is 0 Å². The molecule has 1 nitrogen and oxygen atoms in total. The number of benzene rings is 2. The third-order valence-corrected chi connectivity index (χ3v) is 3.68. The van der Waals surface area contributed by atoms with E-state index in [9.17, 15) is 4.79 Å². The van der Waals surface area contributed by atoms with Gasteiger partial charge in [0.05, 0.1) is 0 Å². The Morgan fingerprint density at radius 1 is 0.895 bits per heavy atom. The molecule has 1 unspecified atom stereocenters. The monoisotopic (exact) mass is 248 g/mol. The molecule has 2 aromatic carbocycles. The Kier molecular flexibility index (Phi) is 3.28. The van der Waals surface area contributed by atoms with E-state index in [-0.39, 0.29) is 11.7 Å². The first kappa shape index (κ1) is 11.9. The number of carbonyl (C=O) groups excluding carboxylic acids is 1. The van der Waals surface area contributed by atoms with Gasteiger partial charge < -0.3 is 0 Å². The number of Topliss-reactive ketones (excluding diaryl/α,β-unsaturated/α-hetero) is 1. The van der Waals surface area contributed by atoms with Gasteiger partial charge in [-0.1, -0.05) is 60.7 Å². The van der Waals surface area contributed by atoms with Crippen molar-refractivity contribution >= 4 is 11.9 Å². The van der Waals surface area contributed by atoms with Gasteiger partial charge in [-0.05, 0) is 23.6 Å². The minimum absolute atomic E-state index is 0.258. The summed E-state index contributed by atoms with van der Waals surface area (Å²) < 4.78 is 0. The first-order valence-electron chi connectivity index (χ1n) is 6.69. The lowest BCUT2D eigenvalue weighted by atomic mass is 9.92. The predicted octanol–water partition coefficient (Wildman–Crippen LogP) is 4.22. The molecule has 19 heavy (non-hydrogen) atoms. The lowest BCUT2D eigenvalue weighted by Gasteiger charge is -2.11. The largest absolute Gasteiger partial charge is 0.295 e. The Balaban J connectivity index is 1.98. The van der Waals surface area contributed by atoms with E-state index in [2.05, 4.69) is 12.1 Å². The Hall–Kier alpha value is -2.15. The van der Waals surface area contributed by atoms with E-state index in [0.717, 1.165) is 17.6 Å². The van der Waals surface area contributed by atoms with Gasteiger partial charge in [0.25, 0.3) is 0 Å². The van der Waals surface area contributed by atoms with Crippen LogP contribution in [0.5, 0.6) is 0 Å². The van der Waals surface area contributed by atoms with Crippen LogP contribution in [0.4, 0.5) is 0 Å². The molecule has 0 saturated heterocycles. The molecule has 1 fully saturated rings. The summed E-state index contributed by atoms with van der Waals surface area (Å²) in [5, 5.41) is 0. The second kappa shape index (κ2) is 5.23. The summed E-state index contributed by atoms with van der Waals surface area (Å²) in [6, 6.07) is 20.4. The summed E-state index contributed by atoms with van der Waals surface area (Å²) >= 11 is 0. The van der Waals surface area contributed by atoms with E-state index < -0.39 is 0 Å². The molecule has 2 aromatic rings. The lowest BCUT2D eigenvalue weighted by molar-refractivity contribution is -0.114. The average molecular weight is 248 g/mol. The van der Waals surface area contributed by atoms with Gasteiger partial charge in [0.2, 0.25) is 0 Å². The van der Waals surface area contributed by atoms with Gasteiger partial charge in [-0.15, -0.1) is 0 Å². The van der Waals surface area contributed by atoms with Crippen molar-refractivity contribution in [2.75, 3.05) is 0 Å². The summed E-state index contributed by atoms with van der Waals surface area (Å²) in [6.45, 7) is 0. The van der Waals surface area contributed by atoms with E-state index in [0.29, 0.717) is 6.42 Å². The molecular weight excluding hydrogens is 232 g/mol. The van der Waals surface area contributed by atoms with E-state index in [1.54, 1.807) is 0 Å². The van der Waals surface area contributed by atoms with Crippen LogP contribution in [0, 0.1) is 0 Å². The molecule has 0 spiro atoms. The van der Waals surface area contributed by atoms with Crippen LogP contribution in [0.2, 0.25) is 0 Å². The van der Waals surface area contributed by atoms with Gasteiger partial charge in [-0.2, -0.15) is 0 Å². The summed E-state index contributed by atoms with van der Waals surface area (Å²) in [5.41, 5.74) is 3.31. The SMILES string of the molecule is O=C1CCC(c2ccccc2)/C1=C\c1ccccc1.